The highest BCUT2D eigenvalue weighted by molar-refractivity contribution is 9.10. The number of aromatic nitrogens is 2. The minimum Gasteiger partial charge on any atom is -0.478 e. The first-order valence-corrected chi connectivity index (χ1v) is 9.09. The van der Waals surface area contributed by atoms with Gasteiger partial charge >= 0.3 is 0 Å². The molecule has 0 aliphatic carbocycles. The van der Waals surface area contributed by atoms with Crippen LogP contribution in [0, 0.1) is 0 Å². The van der Waals surface area contributed by atoms with Gasteiger partial charge in [0.05, 0.1) is 6.61 Å². The molecule has 0 spiro atoms. The molecule has 0 unspecified atom stereocenters. The molecule has 2 aromatic rings. The van der Waals surface area contributed by atoms with Crippen molar-refractivity contribution in [2.45, 2.75) is 32.6 Å². The van der Waals surface area contributed by atoms with E-state index >= 15 is 0 Å². The average Bonchev–Trinajstić information content (AvgIpc) is 2.52. The molecular weight excluding hydrogens is 431 g/mol. The summed E-state index contributed by atoms with van der Waals surface area (Å²) in [6.07, 6.45) is 8.32. The molecule has 0 aliphatic rings. The lowest BCUT2D eigenvalue weighted by molar-refractivity contribution is 0.294. The number of hydrogen-bond acceptors (Lipinski definition) is 3. The monoisotopic (exact) mass is 448 g/mol. The third-order valence-electron chi connectivity index (χ3n) is 2.64. The third kappa shape index (κ3) is 9.38. The zero-order chi connectivity index (χ0) is 16.2. The summed E-state index contributed by atoms with van der Waals surface area (Å²) in [5.41, 5.74) is 0. The molecule has 0 N–H and O–H groups in total. The van der Waals surface area contributed by atoms with Crippen molar-refractivity contribution in [3.8, 4) is 5.88 Å². The molecule has 0 fully saturated rings. The van der Waals surface area contributed by atoms with Crippen molar-refractivity contribution in [3.05, 3.63) is 50.8 Å². The largest absolute Gasteiger partial charge is 0.478 e. The van der Waals surface area contributed by atoms with Gasteiger partial charge in [-0.2, -0.15) is 0 Å². The minimum atomic E-state index is 0.521. The maximum absolute atomic E-state index is 5.48. The van der Waals surface area contributed by atoms with Crippen LogP contribution in [0.4, 0.5) is 0 Å². The third-order valence-corrected chi connectivity index (χ3v) is 3.80. The molecule has 0 atom stereocenters. The van der Waals surface area contributed by atoms with Gasteiger partial charge in [0.2, 0.25) is 5.88 Å². The van der Waals surface area contributed by atoms with E-state index in [4.69, 9.17) is 16.3 Å². The van der Waals surface area contributed by atoms with Crippen molar-refractivity contribution in [1.82, 2.24) is 9.97 Å². The van der Waals surface area contributed by atoms with Gasteiger partial charge in [0.25, 0.3) is 0 Å². The lowest BCUT2D eigenvalue weighted by atomic mass is 10.2. The summed E-state index contributed by atoms with van der Waals surface area (Å²) in [5.74, 6) is 0.713. The molecule has 2 aromatic heterocycles. The lowest BCUT2D eigenvalue weighted by Gasteiger charge is -2.04. The van der Waals surface area contributed by atoms with Crippen LogP contribution in [0.3, 0.4) is 0 Å². The summed E-state index contributed by atoms with van der Waals surface area (Å²) in [5, 5.41) is 0.521. The number of halogens is 3. The van der Waals surface area contributed by atoms with Gasteiger partial charge in [0.15, 0.2) is 0 Å². The number of nitrogens with zero attached hydrogens (tertiary/aromatic N) is 2. The second-order valence-electron chi connectivity index (χ2n) is 4.52. The van der Waals surface area contributed by atoms with Gasteiger partial charge in [-0.05, 0) is 56.5 Å². The number of rotatable bonds is 6. The quantitative estimate of drug-likeness (QED) is 0.383. The Kier molecular flexibility index (Phi) is 10.5. The molecule has 0 amide bonds. The molecule has 2 heterocycles. The number of ether oxygens (including phenoxy) is 1. The fourth-order valence-electron chi connectivity index (χ4n) is 1.51. The Balaban J connectivity index is 0.000000255. The Bertz CT molecular complexity index is 500. The zero-order valence-corrected chi connectivity index (χ0v) is 16.4. The molecule has 0 saturated carbocycles. The lowest BCUT2D eigenvalue weighted by Crippen LogP contribution is -1.98. The van der Waals surface area contributed by atoms with Crippen molar-refractivity contribution in [2.24, 2.45) is 0 Å². The Morgan fingerprint density at radius 1 is 0.955 bits per heavy atom. The fourth-order valence-corrected chi connectivity index (χ4v) is 2.09. The smallest absolute Gasteiger partial charge is 0.213 e. The van der Waals surface area contributed by atoms with Crippen LogP contribution < -0.4 is 4.74 Å². The molecule has 0 radical (unpaired) electrons. The Labute approximate surface area is 153 Å². The molecule has 3 nitrogen and oxygen atoms in total. The Hall–Kier alpha value is -0.650. The first-order valence-electron chi connectivity index (χ1n) is 7.13. The van der Waals surface area contributed by atoms with E-state index in [0.29, 0.717) is 11.0 Å². The number of hydrogen-bond donors (Lipinski definition) is 0. The van der Waals surface area contributed by atoms with E-state index in [9.17, 15) is 0 Å². The standard InChI is InChI=1S/C11H16BrNO.C5H3BrClN/c1-2-3-4-5-8-14-11-7-6-10(12)9-13-11;6-4-1-2-5(7)8-3-4/h6-7,9H,2-5,8H2,1H3;1-3H. The normalized spacial score (nSPS) is 9.82. The highest BCUT2D eigenvalue weighted by Gasteiger charge is 1.94. The van der Waals surface area contributed by atoms with E-state index in [-0.39, 0.29) is 0 Å². The van der Waals surface area contributed by atoms with E-state index in [1.807, 2.05) is 18.2 Å². The van der Waals surface area contributed by atoms with Crippen molar-refractivity contribution in [2.75, 3.05) is 6.61 Å². The van der Waals surface area contributed by atoms with Crippen LogP contribution in [0.2, 0.25) is 5.15 Å². The zero-order valence-electron chi connectivity index (χ0n) is 12.4. The predicted octanol–water partition coefficient (Wildman–Crippen LogP) is 6.30. The van der Waals surface area contributed by atoms with E-state index < -0.39 is 0 Å². The van der Waals surface area contributed by atoms with Gasteiger partial charge in [-0.15, -0.1) is 0 Å². The van der Waals surface area contributed by atoms with Gasteiger partial charge in [-0.3, -0.25) is 0 Å². The maximum Gasteiger partial charge on any atom is 0.213 e. The van der Waals surface area contributed by atoms with Gasteiger partial charge in [0, 0.05) is 27.4 Å². The van der Waals surface area contributed by atoms with Crippen LogP contribution >= 0.6 is 43.5 Å². The van der Waals surface area contributed by atoms with Gasteiger partial charge in [-0.25, -0.2) is 9.97 Å². The number of unbranched alkanes of at least 4 members (excludes halogenated alkanes) is 3. The van der Waals surface area contributed by atoms with Crippen LogP contribution in [-0.2, 0) is 0 Å². The minimum absolute atomic E-state index is 0.521. The van der Waals surface area contributed by atoms with Crippen LogP contribution in [0.25, 0.3) is 0 Å². The van der Waals surface area contributed by atoms with E-state index in [1.165, 1.54) is 19.3 Å². The first-order chi connectivity index (χ1) is 10.6. The fraction of sp³-hybridized carbons (Fsp3) is 0.375. The second kappa shape index (κ2) is 11.9. The molecule has 0 aliphatic heterocycles. The van der Waals surface area contributed by atoms with Crippen molar-refractivity contribution < 1.29 is 4.74 Å². The van der Waals surface area contributed by atoms with Crippen molar-refractivity contribution >= 4 is 43.5 Å². The van der Waals surface area contributed by atoms with Gasteiger partial charge in [-0.1, -0.05) is 37.8 Å². The maximum atomic E-state index is 5.48. The van der Waals surface area contributed by atoms with E-state index in [1.54, 1.807) is 18.5 Å². The van der Waals surface area contributed by atoms with Gasteiger partial charge < -0.3 is 4.74 Å². The van der Waals surface area contributed by atoms with Crippen LogP contribution in [0.5, 0.6) is 5.88 Å². The second-order valence-corrected chi connectivity index (χ2v) is 6.74. The van der Waals surface area contributed by atoms with Crippen LogP contribution in [0.1, 0.15) is 32.6 Å². The van der Waals surface area contributed by atoms with Crippen LogP contribution in [-0.4, -0.2) is 16.6 Å². The molecule has 120 valence electrons. The molecule has 22 heavy (non-hydrogen) atoms. The first kappa shape index (κ1) is 19.4. The summed E-state index contributed by atoms with van der Waals surface area (Å²) >= 11 is 12.0. The van der Waals surface area contributed by atoms with Crippen molar-refractivity contribution in [3.63, 3.8) is 0 Å². The summed E-state index contributed by atoms with van der Waals surface area (Å²) in [6.45, 7) is 2.98. The van der Waals surface area contributed by atoms with Gasteiger partial charge in [0.1, 0.15) is 5.15 Å². The highest BCUT2D eigenvalue weighted by Crippen LogP contribution is 2.12. The summed E-state index contributed by atoms with van der Waals surface area (Å²) < 4.78 is 7.40. The highest BCUT2D eigenvalue weighted by atomic mass is 79.9. The Morgan fingerprint density at radius 2 is 1.64 bits per heavy atom. The molecular formula is C16H19Br2ClN2O. The SMILES string of the molecule is CCCCCCOc1ccc(Br)cn1.Clc1ccc(Br)cn1. The summed E-state index contributed by atoms with van der Waals surface area (Å²) in [6, 6.07) is 7.39. The average molecular weight is 451 g/mol. The van der Waals surface area contributed by atoms with Crippen LogP contribution in [0.15, 0.2) is 45.6 Å². The van der Waals surface area contributed by atoms with E-state index in [0.717, 1.165) is 22.0 Å². The van der Waals surface area contributed by atoms with E-state index in [2.05, 4.69) is 48.8 Å². The molecule has 0 aromatic carbocycles. The molecule has 0 saturated heterocycles. The predicted molar refractivity (Wildman–Crippen MR) is 98.5 cm³/mol. The summed E-state index contributed by atoms with van der Waals surface area (Å²) in [4.78, 5) is 7.92. The summed E-state index contributed by atoms with van der Waals surface area (Å²) in [7, 11) is 0. The molecule has 0 bridgehead atoms. The topological polar surface area (TPSA) is 35.0 Å². The van der Waals surface area contributed by atoms with Crippen molar-refractivity contribution in [1.29, 1.82) is 0 Å². The Morgan fingerprint density at radius 3 is 2.14 bits per heavy atom. The molecule has 6 heteroatoms. The number of pyridine rings is 2. The molecule has 2 rings (SSSR count).